The number of sulfonamides is 1. The third-order valence-electron chi connectivity index (χ3n) is 4.50. The lowest BCUT2D eigenvalue weighted by Crippen LogP contribution is -2.27. The summed E-state index contributed by atoms with van der Waals surface area (Å²) in [5, 5.41) is 3.02. The number of carbonyl (C=O) groups is 1. The highest BCUT2D eigenvalue weighted by Crippen LogP contribution is 2.31. The summed E-state index contributed by atoms with van der Waals surface area (Å²) in [6.45, 7) is 7.00. The Morgan fingerprint density at radius 3 is 2.29 bits per heavy atom. The third kappa shape index (κ3) is 6.59. The van der Waals surface area contributed by atoms with E-state index >= 15 is 0 Å². The molecule has 0 aromatic heterocycles. The van der Waals surface area contributed by atoms with Crippen LogP contribution in [0.1, 0.15) is 55.6 Å². The summed E-state index contributed by atoms with van der Waals surface area (Å²) >= 11 is 6.15. The van der Waals surface area contributed by atoms with Crippen molar-refractivity contribution in [3.05, 3.63) is 52.5 Å². The molecule has 0 radical (unpaired) electrons. The van der Waals surface area contributed by atoms with Crippen LogP contribution in [0, 0.1) is 0 Å². The Morgan fingerprint density at radius 1 is 1.03 bits per heavy atom. The molecule has 7 nitrogen and oxygen atoms in total. The molecule has 31 heavy (non-hydrogen) atoms. The van der Waals surface area contributed by atoms with Crippen LogP contribution in [0.3, 0.4) is 0 Å². The van der Waals surface area contributed by atoms with Gasteiger partial charge in [0.15, 0.2) is 11.5 Å². The summed E-state index contributed by atoms with van der Waals surface area (Å²) in [4.78, 5) is 12.8. The first-order valence-electron chi connectivity index (χ1n) is 10.2. The number of halogens is 1. The summed E-state index contributed by atoms with van der Waals surface area (Å²) in [6.07, 6.45) is 1.73. The van der Waals surface area contributed by atoms with Crippen LogP contribution in [0.25, 0.3) is 0 Å². The molecular formula is C22H29ClN2O5S. The fourth-order valence-corrected chi connectivity index (χ4v) is 3.73. The maximum absolute atomic E-state index is 12.8. The molecule has 2 N–H and O–H groups in total. The molecule has 0 heterocycles. The van der Waals surface area contributed by atoms with E-state index in [-0.39, 0.29) is 21.5 Å². The average molecular weight is 469 g/mol. The van der Waals surface area contributed by atoms with Gasteiger partial charge in [0.2, 0.25) is 10.0 Å². The molecule has 2 aromatic rings. The summed E-state index contributed by atoms with van der Waals surface area (Å²) in [5.41, 5.74) is 0.897. The van der Waals surface area contributed by atoms with E-state index in [4.69, 9.17) is 21.1 Å². The fraction of sp³-hybridized carbons (Fsp3) is 0.409. The van der Waals surface area contributed by atoms with Gasteiger partial charge in [-0.25, -0.2) is 13.1 Å². The van der Waals surface area contributed by atoms with Crippen molar-refractivity contribution in [1.29, 1.82) is 0 Å². The molecule has 9 heteroatoms. The van der Waals surface area contributed by atoms with E-state index in [9.17, 15) is 13.2 Å². The van der Waals surface area contributed by atoms with Gasteiger partial charge in [-0.15, -0.1) is 0 Å². The second-order valence-corrected chi connectivity index (χ2v) is 9.24. The normalized spacial score (nSPS) is 12.3. The van der Waals surface area contributed by atoms with Crippen molar-refractivity contribution in [3.8, 4) is 11.5 Å². The second kappa shape index (κ2) is 11.4. The molecule has 0 bridgehead atoms. The number of hydrogen-bond donors (Lipinski definition) is 2. The van der Waals surface area contributed by atoms with Crippen LogP contribution in [0.4, 0.5) is 0 Å². The summed E-state index contributed by atoms with van der Waals surface area (Å²) in [5.74, 6) is 0.799. The Labute approximate surface area is 189 Å². The van der Waals surface area contributed by atoms with Gasteiger partial charge in [-0.2, -0.15) is 0 Å². The number of rotatable bonds is 11. The molecule has 0 aliphatic rings. The van der Waals surface area contributed by atoms with Crippen molar-refractivity contribution in [1.82, 2.24) is 10.0 Å². The van der Waals surface area contributed by atoms with Gasteiger partial charge in [-0.3, -0.25) is 4.79 Å². The molecule has 0 fully saturated rings. The fourth-order valence-electron chi connectivity index (χ4n) is 2.77. The minimum absolute atomic E-state index is 0.0371. The number of hydrogen-bond acceptors (Lipinski definition) is 5. The first kappa shape index (κ1) is 25.0. The van der Waals surface area contributed by atoms with Crippen molar-refractivity contribution in [3.63, 3.8) is 0 Å². The van der Waals surface area contributed by atoms with E-state index in [1.165, 1.54) is 25.2 Å². The van der Waals surface area contributed by atoms with Gasteiger partial charge in [0, 0.05) is 0 Å². The standard InChI is InChI=1S/C22H29ClN2O5S/c1-5-11-29-20-10-7-16(13-21(20)30-12-6-2)15(3)25-22(26)18-14-17(8-9-19(18)23)31(27,28)24-4/h7-10,13-15,24H,5-6,11-12H2,1-4H3,(H,25,26). The monoisotopic (exact) mass is 468 g/mol. The molecule has 0 saturated carbocycles. The van der Waals surface area contributed by atoms with Gasteiger partial charge in [-0.05, 0) is 62.7 Å². The highest BCUT2D eigenvalue weighted by atomic mass is 35.5. The van der Waals surface area contributed by atoms with Crippen LogP contribution >= 0.6 is 11.6 Å². The van der Waals surface area contributed by atoms with Gasteiger partial charge in [0.1, 0.15) is 0 Å². The molecule has 1 atom stereocenters. The molecular weight excluding hydrogens is 440 g/mol. The minimum Gasteiger partial charge on any atom is -0.490 e. The quantitative estimate of drug-likeness (QED) is 0.512. The molecule has 0 aliphatic carbocycles. The SMILES string of the molecule is CCCOc1ccc(C(C)NC(=O)c2cc(S(=O)(=O)NC)ccc2Cl)cc1OCCC. The van der Waals surface area contributed by atoms with Crippen molar-refractivity contribution >= 4 is 27.5 Å². The summed E-state index contributed by atoms with van der Waals surface area (Å²) in [7, 11) is -2.39. The highest BCUT2D eigenvalue weighted by molar-refractivity contribution is 7.89. The van der Waals surface area contributed by atoms with E-state index in [1.54, 1.807) is 0 Å². The zero-order valence-electron chi connectivity index (χ0n) is 18.2. The number of ether oxygens (including phenoxy) is 2. The van der Waals surface area contributed by atoms with Gasteiger partial charge in [-0.1, -0.05) is 31.5 Å². The average Bonchev–Trinajstić information content (AvgIpc) is 2.76. The van der Waals surface area contributed by atoms with Gasteiger partial charge in [0.25, 0.3) is 5.91 Å². The summed E-state index contributed by atoms with van der Waals surface area (Å²) in [6, 6.07) is 9.15. The first-order valence-corrected chi connectivity index (χ1v) is 12.0. The Kier molecular flexibility index (Phi) is 9.15. The number of amides is 1. The van der Waals surface area contributed by atoms with Crippen molar-refractivity contribution in [2.75, 3.05) is 20.3 Å². The van der Waals surface area contributed by atoms with Crippen molar-refractivity contribution in [2.45, 2.75) is 44.6 Å². The maximum Gasteiger partial charge on any atom is 0.253 e. The van der Waals surface area contributed by atoms with E-state index in [0.717, 1.165) is 18.4 Å². The topological polar surface area (TPSA) is 93.7 Å². The van der Waals surface area contributed by atoms with Crippen LogP contribution < -0.4 is 19.5 Å². The summed E-state index contributed by atoms with van der Waals surface area (Å²) < 4.78 is 37.9. The molecule has 0 saturated heterocycles. The molecule has 0 aliphatic heterocycles. The molecule has 0 spiro atoms. The Bertz CT molecular complexity index is 1010. The van der Waals surface area contributed by atoms with Crippen LogP contribution in [-0.4, -0.2) is 34.6 Å². The smallest absolute Gasteiger partial charge is 0.253 e. The van der Waals surface area contributed by atoms with Crippen LogP contribution in [0.15, 0.2) is 41.3 Å². The number of carbonyl (C=O) groups excluding carboxylic acids is 1. The lowest BCUT2D eigenvalue weighted by molar-refractivity contribution is 0.0939. The highest BCUT2D eigenvalue weighted by Gasteiger charge is 2.20. The van der Waals surface area contributed by atoms with Crippen molar-refractivity contribution < 1.29 is 22.7 Å². The molecule has 2 aromatic carbocycles. The Morgan fingerprint density at radius 2 is 1.68 bits per heavy atom. The lowest BCUT2D eigenvalue weighted by atomic mass is 10.1. The van der Waals surface area contributed by atoms with Gasteiger partial charge < -0.3 is 14.8 Å². The second-order valence-electron chi connectivity index (χ2n) is 6.95. The minimum atomic E-state index is -3.70. The Hall–Kier alpha value is -2.29. The van der Waals surface area contributed by atoms with Gasteiger partial charge in [0.05, 0.1) is 34.7 Å². The lowest BCUT2D eigenvalue weighted by Gasteiger charge is -2.18. The number of benzene rings is 2. The van der Waals surface area contributed by atoms with Crippen LogP contribution in [0.5, 0.6) is 11.5 Å². The van der Waals surface area contributed by atoms with Gasteiger partial charge >= 0.3 is 0 Å². The van der Waals surface area contributed by atoms with E-state index in [0.29, 0.717) is 24.7 Å². The third-order valence-corrected chi connectivity index (χ3v) is 6.24. The molecule has 1 unspecified atom stereocenters. The zero-order chi connectivity index (χ0) is 23.0. The molecule has 170 valence electrons. The van der Waals surface area contributed by atoms with E-state index in [2.05, 4.69) is 10.0 Å². The Balaban J connectivity index is 2.25. The van der Waals surface area contributed by atoms with Crippen molar-refractivity contribution in [2.24, 2.45) is 0 Å². The molecule has 1 amide bonds. The predicted molar refractivity (Wildman–Crippen MR) is 122 cm³/mol. The zero-order valence-corrected chi connectivity index (χ0v) is 19.8. The largest absolute Gasteiger partial charge is 0.490 e. The van der Waals surface area contributed by atoms with Crippen LogP contribution in [-0.2, 0) is 10.0 Å². The maximum atomic E-state index is 12.8. The van der Waals surface area contributed by atoms with Crippen LogP contribution in [0.2, 0.25) is 5.02 Å². The van der Waals surface area contributed by atoms with E-state index in [1.807, 2.05) is 39.0 Å². The predicted octanol–water partition coefficient (Wildman–Crippen LogP) is 4.32. The first-order chi connectivity index (χ1) is 14.7. The van der Waals surface area contributed by atoms with E-state index < -0.39 is 15.9 Å². The number of nitrogens with one attached hydrogen (secondary N) is 2. The molecule has 2 rings (SSSR count).